The summed E-state index contributed by atoms with van der Waals surface area (Å²) in [5.41, 5.74) is 8.57. The van der Waals surface area contributed by atoms with Gasteiger partial charge >= 0.3 is 0 Å². The Kier molecular flexibility index (Phi) is 2.99. The quantitative estimate of drug-likeness (QED) is 0.809. The lowest BCUT2D eigenvalue weighted by atomic mass is 10.2. The minimum absolute atomic E-state index is 0.545. The summed E-state index contributed by atoms with van der Waals surface area (Å²) in [6.07, 6.45) is 0. The Balaban J connectivity index is 2.33. The van der Waals surface area contributed by atoms with Crippen molar-refractivity contribution in [3.63, 3.8) is 0 Å². The van der Waals surface area contributed by atoms with E-state index in [-0.39, 0.29) is 0 Å². The van der Waals surface area contributed by atoms with E-state index in [2.05, 4.69) is 4.98 Å². The molecule has 0 aliphatic heterocycles. The summed E-state index contributed by atoms with van der Waals surface area (Å²) >= 11 is 1.59. The Labute approximate surface area is 92.5 Å². The number of rotatable bonds is 3. The Hall–Kier alpha value is -1.39. The van der Waals surface area contributed by atoms with E-state index in [4.69, 9.17) is 10.5 Å². The molecule has 0 spiro atoms. The fourth-order valence-corrected chi connectivity index (χ4v) is 2.19. The number of benzene rings is 1. The molecule has 15 heavy (non-hydrogen) atoms. The first-order valence-electron chi connectivity index (χ1n) is 4.59. The molecule has 0 unspecified atom stereocenters. The summed E-state index contributed by atoms with van der Waals surface area (Å²) in [6.45, 7) is 0.545. The Morgan fingerprint density at radius 3 is 2.93 bits per heavy atom. The van der Waals surface area contributed by atoms with Crippen LogP contribution in [0.1, 0.15) is 5.69 Å². The largest absolute Gasteiger partial charge is 0.398 e. The third-order valence-electron chi connectivity index (χ3n) is 2.04. The zero-order valence-corrected chi connectivity index (χ0v) is 9.25. The maximum atomic E-state index is 5.87. The molecule has 0 fully saturated rings. The first-order chi connectivity index (χ1) is 7.31. The molecule has 0 atom stereocenters. The van der Waals surface area contributed by atoms with Gasteiger partial charge in [-0.2, -0.15) is 0 Å². The van der Waals surface area contributed by atoms with Crippen molar-refractivity contribution in [2.75, 3.05) is 12.8 Å². The molecular weight excluding hydrogens is 208 g/mol. The molecule has 1 aromatic carbocycles. The van der Waals surface area contributed by atoms with Crippen molar-refractivity contribution in [1.82, 2.24) is 4.98 Å². The van der Waals surface area contributed by atoms with Gasteiger partial charge in [-0.25, -0.2) is 4.98 Å². The van der Waals surface area contributed by atoms with Crippen LogP contribution < -0.4 is 5.73 Å². The predicted octanol–water partition coefficient (Wildman–Crippen LogP) is 2.54. The zero-order chi connectivity index (χ0) is 10.7. The summed E-state index contributed by atoms with van der Waals surface area (Å²) in [7, 11) is 1.66. The number of methoxy groups -OCH3 is 1. The average molecular weight is 220 g/mol. The van der Waals surface area contributed by atoms with Crippen molar-refractivity contribution in [2.24, 2.45) is 0 Å². The smallest absolute Gasteiger partial charge is 0.125 e. The summed E-state index contributed by atoms with van der Waals surface area (Å²) < 4.78 is 5.02. The van der Waals surface area contributed by atoms with Gasteiger partial charge in [-0.15, -0.1) is 11.3 Å². The minimum Gasteiger partial charge on any atom is -0.398 e. The summed E-state index contributed by atoms with van der Waals surface area (Å²) in [5, 5.41) is 2.94. The molecule has 1 heterocycles. The monoisotopic (exact) mass is 220 g/mol. The van der Waals surface area contributed by atoms with Gasteiger partial charge in [0.15, 0.2) is 0 Å². The van der Waals surface area contributed by atoms with Gasteiger partial charge < -0.3 is 10.5 Å². The van der Waals surface area contributed by atoms with Gasteiger partial charge in [-0.3, -0.25) is 0 Å². The molecule has 3 nitrogen and oxygen atoms in total. The second-order valence-corrected chi connectivity index (χ2v) is 4.02. The van der Waals surface area contributed by atoms with Gasteiger partial charge in [-0.05, 0) is 12.1 Å². The average Bonchev–Trinajstić information content (AvgIpc) is 2.68. The van der Waals surface area contributed by atoms with Gasteiger partial charge in [0.1, 0.15) is 5.01 Å². The van der Waals surface area contributed by atoms with Crippen LogP contribution in [0, 0.1) is 0 Å². The topological polar surface area (TPSA) is 48.1 Å². The van der Waals surface area contributed by atoms with Crippen molar-refractivity contribution in [3.8, 4) is 10.6 Å². The van der Waals surface area contributed by atoms with Crippen molar-refractivity contribution in [2.45, 2.75) is 6.61 Å². The number of hydrogen-bond donors (Lipinski definition) is 1. The lowest BCUT2D eigenvalue weighted by Crippen LogP contribution is -1.90. The molecule has 2 N–H and O–H groups in total. The van der Waals surface area contributed by atoms with Crippen LogP contribution in [0.5, 0.6) is 0 Å². The maximum Gasteiger partial charge on any atom is 0.125 e. The molecule has 4 heteroatoms. The van der Waals surface area contributed by atoms with Crippen LogP contribution in [0.4, 0.5) is 5.69 Å². The number of thiazole rings is 1. The van der Waals surface area contributed by atoms with Crippen LogP contribution in [0.25, 0.3) is 10.6 Å². The van der Waals surface area contributed by atoms with E-state index in [0.29, 0.717) is 6.61 Å². The highest BCUT2D eigenvalue weighted by molar-refractivity contribution is 7.13. The third kappa shape index (κ3) is 2.16. The van der Waals surface area contributed by atoms with Crippen LogP contribution in [-0.2, 0) is 11.3 Å². The highest BCUT2D eigenvalue weighted by Crippen LogP contribution is 2.28. The number of anilines is 1. The molecule has 2 rings (SSSR count). The van der Waals surface area contributed by atoms with Crippen LogP contribution in [0.2, 0.25) is 0 Å². The summed E-state index contributed by atoms with van der Waals surface area (Å²) in [5.74, 6) is 0. The molecule has 2 aromatic rings. The molecular formula is C11H12N2OS. The SMILES string of the molecule is COCc1csc(-c2ccccc2N)n1. The van der Waals surface area contributed by atoms with Crippen LogP contribution >= 0.6 is 11.3 Å². The third-order valence-corrected chi connectivity index (χ3v) is 2.96. The number of aromatic nitrogens is 1. The van der Waals surface area contributed by atoms with Gasteiger partial charge in [0.25, 0.3) is 0 Å². The second kappa shape index (κ2) is 4.42. The Morgan fingerprint density at radius 1 is 1.40 bits per heavy atom. The summed E-state index contributed by atoms with van der Waals surface area (Å²) in [4.78, 5) is 4.44. The molecule has 0 amide bonds. The highest BCUT2D eigenvalue weighted by Gasteiger charge is 2.06. The first kappa shape index (κ1) is 10.1. The first-order valence-corrected chi connectivity index (χ1v) is 5.47. The fourth-order valence-electron chi connectivity index (χ4n) is 1.34. The maximum absolute atomic E-state index is 5.87. The Bertz CT molecular complexity index is 453. The number of nitrogens with two attached hydrogens (primary N) is 1. The molecule has 0 aliphatic carbocycles. The van der Waals surface area contributed by atoms with Crippen molar-refractivity contribution in [3.05, 3.63) is 35.3 Å². The second-order valence-electron chi connectivity index (χ2n) is 3.16. The zero-order valence-electron chi connectivity index (χ0n) is 8.43. The molecule has 0 saturated heterocycles. The van der Waals surface area contributed by atoms with Crippen molar-refractivity contribution < 1.29 is 4.74 Å². The molecule has 0 bridgehead atoms. The Morgan fingerprint density at radius 2 is 2.20 bits per heavy atom. The lowest BCUT2D eigenvalue weighted by molar-refractivity contribution is 0.182. The molecule has 0 saturated carbocycles. The predicted molar refractivity (Wildman–Crippen MR) is 62.7 cm³/mol. The lowest BCUT2D eigenvalue weighted by Gasteiger charge is -2.00. The van der Waals surface area contributed by atoms with Crippen molar-refractivity contribution >= 4 is 17.0 Å². The van der Waals surface area contributed by atoms with E-state index in [1.807, 2.05) is 29.6 Å². The standard InChI is InChI=1S/C11H12N2OS/c1-14-6-8-7-15-11(13-8)9-4-2-3-5-10(9)12/h2-5,7H,6,12H2,1H3. The number of nitrogen functional groups attached to an aromatic ring is 1. The van der Waals surface area contributed by atoms with Crippen LogP contribution in [0.3, 0.4) is 0 Å². The van der Waals surface area contributed by atoms with Gasteiger partial charge in [0.05, 0.1) is 12.3 Å². The molecule has 1 aromatic heterocycles. The highest BCUT2D eigenvalue weighted by atomic mass is 32.1. The van der Waals surface area contributed by atoms with Crippen LogP contribution in [0.15, 0.2) is 29.6 Å². The van der Waals surface area contributed by atoms with Gasteiger partial charge in [0, 0.05) is 23.7 Å². The van der Waals surface area contributed by atoms with Gasteiger partial charge in [-0.1, -0.05) is 12.1 Å². The summed E-state index contributed by atoms with van der Waals surface area (Å²) in [6, 6.07) is 7.74. The number of para-hydroxylation sites is 1. The van der Waals surface area contributed by atoms with E-state index in [1.54, 1.807) is 18.4 Å². The van der Waals surface area contributed by atoms with E-state index >= 15 is 0 Å². The van der Waals surface area contributed by atoms with Gasteiger partial charge in [0.2, 0.25) is 0 Å². The van der Waals surface area contributed by atoms with Crippen LogP contribution in [-0.4, -0.2) is 12.1 Å². The molecule has 0 radical (unpaired) electrons. The molecule has 0 aliphatic rings. The number of hydrogen-bond acceptors (Lipinski definition) is 4. The minimum atomic E-state index is 0.545. The van der Waals surface area contributed by atoms with E-state index < -0.39 is 0 Å². The van der Waals surface area contributed by atoms with E-state index in [1.165, 1.54) is 0 Å². The van der Waals surface area contributed by atoms with E-state index in [9.17, 15) is 0 Å². The fraction of sp³-hybridized carbons (Fsp3) is 0.182. The van der Waals surface area contributed by atoms with E-state index in [0.717, 1.165) is 22.0 Å². The number of ether oxygens (including phenoxy) is 1. The molecule has 78 valence electrons. The number of nitrogens with zero attached hydrogens (tertiary/aromatic N) is 1. The van der Waals surface area contributed by atoms with Crippen molar-refractivity contribution in [1.29, 1.82) is 0 Å². The normalized spacial score (nSPS) is 10.5.